The van der Waals surface area contributed by atoms with Crippen molar-refractivity contribution in [3.05, 3.63) is 58.2 Å². The Morgan fingerprint density at radius 2 is 2.06 bits per heavy atom. The molecule has 1 aromatic heterocycles. The summed E-state index contributed by atoms with van der Waals surface area (Å²) >= 11 is 3.26. The minimum absolute atomic E-state index is 0.361. The first kappa shape index (κ1) is 11.6. The lowest BCUT2D eigenvalue weighted by atomic mass is 10.2. The van der Waals surface area contributed by atoms with E-state index >= 15 is 0 Å². The molecule has 2 aromatic rings. The lowest BCUT2D eigenvalue weighted by Crippen LogP contribution is -1.99. The Hall–Kier alpha value is -1.86. The van der Waals surface area contributed by atoms with Crippen LogP contribution in [0.4, 0.5) is 0 Å². The quantitative estimate of drug-likeness (QED) is 0.871. The fourth-order valence-electron chi connectivity index (χ4n) is 1.35. The van der Waals surface area contributed by atoms with Gasteiger partial charge in [0.1, 0.15) is 18.2 Å². The second-order valence-corrected chi connectivity index (χ2v) is 4.31. The maximum atomic E-state index is 8.95. The van der Waals surface area contributed by atoms with Crippen LogP contribution in [0.3, 0.4) is 0 Å². The third-order valence-electron chi connectivity index (χ3n) is 2.16. The van der Waals surface area contributed by atoms with Crippen molar-refractivity contribution in [3.8, 4) is 11.9 Å². The van der Waals surface area contributed by atoms with E-state index in [0.29, 0.717) is 18.1 Å². The van der Waals surface area contributed by atoms with Crippen LogP contribution < -0.4 is 4.74 Å². The summed E-state index contributed by atoms with van der Waals surface area (Å²) in [6.45, 7) is 0.407. The lowest BCUT2D eigenvalue weighted by Gasteiger charge is -2.06. The van der Waals surface area contributed by atoms with E-state index in [4.69, 9.17) is 10.00 Å². The van der Waals surface area contributed by atoms with Gasteiger partial charge in [0.15, 0.2) is 0 Å². The molecule has 1 heterocycles. The van der Waals surface area contributed by atoms with Crippen molar-refractivity contribution in [2.75, 3.05) is 0 Å². The molecule has 17 heavy (non-hydrogen) atoms. The van der Waals surface area contributed by atoms with Crippen LogP contribution in [0.25, 0.3) is 0 Å². The SMILES string of the molecule is N#Cc1cc(Br)cnc1OCc1ccccc1. The zero-order valence-corrected chi connectivity index (χ0v) is 10.5. The van der Waals surface area contributed by atoms with Crippen molar-refractivity contribution in [2.45, 2.75) is 6.61 Å². The van der Waals surface area contributed by atoms with Gasteiger partial charge in [0.05, 0.1) is 0 Å². The molecule has 0 radical (unpaired) electrons. The predicted octanol–water partition coefficient (Wildman–Crippen LogP) is 3.29. The molecule has 0 amide bonds. The Bertz CT molecular complexity index is 549. The van der Waals surface area contributed by atoms with Crippen LogP contribution in [0.2, 0.25) is 0 Å². The number of aromatic nitrogens is 1. The highest BCUT2D eigenvalue weighted by Gasteiger charge is 2.05. The van der Waals surface area contributed by atoms with E-state index in [0.717, 1.165) is 10.0 Å². The molecule has 0 bridgehead atoms. The maximum absolute atomic E-state index is 8.95. The molecule has 0 N–H and O–H groups in total. The van der Waals surface area contributed by atoms with Gasteiger partial charge in [-0.2, -0.15) is 5.26 Å². The minimum Gasteiger partial charge on any atom is -0.472 e. The molecule has 2 rings (SSSR count). The Labute approximate surface area is 108 Å². The maximum Gasteiger partial charge on any atom is 0.232 e. The first-order valence-electron chi connectivity index (χ1n) is 5.02. The summed E-state index contributed by atoms with van der Waals surface area (Å²) < 4.78 is 6.28. The smallest absolute Gasteiger partial charge is 0.232 e. The van der Waals surface area contributed by atoms with Gasteiger partial charge in [-0.05, 0) is 27.6 Å². The highest BCUT2D eigenvalue weighted by Crippen LogP contribution is 2.19. The summed E-state index contributed by atoms with van der Waals surface area (Å²) in [5.41, 5.74) is 1.47. The van der Waals surface area contributed by atoms with Gasteiger partial charge >= 0.3 is 0 Å². The molecule has 0 spiro atoms. The van der Waals surface area contributed by atoms with E-state index in [1.807, 2.05) is 30.3 Å². The fraction of sp³-hybridized carbons (Fsp3) is 0.0769. The van der Waals surface area contributed by atoms with E-state index in [1.165, 1.54) is 0 Å². The average Bonchev–Trinajstić information content (AvgIpc) is 2.38. The predicted molar refractivity (Wildman–Crippen MR) is 67.4 cm³/mol. The summed E-state index contributed by atoms with van der Waals surface area (Å²) in [4.78, 5) is 4.07. The molecule has 84 valence electrons. The molecular formula is C13H9BrN2O. The zero-order chi connectivity index (χ0) is 12.1. The molecule has 1 aromatic carbocycles. The Morgan fingerprint density at radius 1 is 1.29 bits per heavy atom. The van der Waals surface area contributed by atoms with Gasteiger partial charge in [-0.15, -0.1) is 0 Å². The van der Waals surface area contributed by atoms with E-state index in [9.17, 15) is 0 Å². The molecule has 0 unspecified atom stereocenters. The van der Waals surface area contributed by atoms with Gasteiger partial charge in [0.25, 0.3) is 0 Å². The molecule has 3 nitrogen and oxygen atoms in total. The number of benzene rings is 1. The molecule has 0 fully saturated rings. The fourth-order valence-corrected chi connectivity index (χ4v) is 1.68. The molecule has 0 aliphatic carbocycles. The van der Waals surface area contributed by atoms with Crippen molar-refractivity contribution in [2.24, 2.45) is 0 Å². The third-order valence-corrected chi connectivity index (χ3v) is 2.59. The summed E-state index contributed by atoms with van der Waals surface area (Å²) in [5, 5.41) is 8.95. The van der Waals surface area contributed by atoms with E-state index in [1.54, 1.807) is 12.3 Å². The summed E-state index contributed by atoms with van der Waals surface area (Å²) in [5.74, 6) is 0.361. The third kappa shape index (κ3) is 3.05. The Morgan fingerprint density at radius 3 is 2.76 bits per heavy atom. The summed E-state index contributed by atoms with van der Waals surface area (Å²) in [6.07, 6.45) is 1.61. The number of halogens is 1. The number of pyridine rings is 1. The van der Waals surface area contributed by atoms with Gasteiger partial charge in [0.2, 0.25) is 5.88 Å². The number of ether oxygens (including phenoxy) is 1. The topological polar surface area (TPSA) is 45.9 Å². The van der Waals surface area contributed by atoms with Crippen molar-refractivity contribution >= 4 is 15.9 Å². The van der Waals surface area contributed by atoms with Crippen LogP contribution in [-0.4, -0.2) is 4.98 Å². The van der Waals surface area contributed by atoms with Crippen LogP contribution >= 0.6 is 15.9 Å². The second kappa shape index (κ2) is 5.46. The first-order valence-corrected chi connectivity index (χ1v) is 5.81. The van der Waals surface area contributed by atoms with Crippen molar-refractivity contribution in [3.63, 3.8) is 0 Å². The monoisotopic (exact) mass is 288 g/mol. The van der Waals surface area contributed by atoms with Gasteiger partial charge in [0, 0.05) is 10.7 Å². The number of nitrogens with zero attached hydrogens (tertiary/aromatic N) is 2. The molecule has 0 atom stereocenters. The van der Waals surface area contributed by atoms with E-state index in [2.05, 4.69) is 27.0 Å². The molecule has 0 aliphatic heterocycles. The molecule has 0 saturated carbocycles. The highest BCUT2D eigenvalue weighted by atomic mass is 79.9. The number of nitriles is 1. The highest BCUT2D eigenvalue weighted by molar-refractivity contribution is 9.10. The van der Waals surface area contributed by atoms with Gasteiger partial charge < -0.3 is 4.74 Å². The standard InChI is InChI=1S/C13H9BrN2O/c14-12-6-11(7-15)13(16-8-12)17-9-10-4-2-1-3-5-10/h1-6,8H,9H2. The molecule has 0 aliphatic rings. The number of hydrogen-bond acceptors (Lipinski definition) is 3. The number of rotatable bonds is 3. The van der Waals surface area contributed by atoms with Gasteiger partial charge in [-0.25, -0.2) is 4.98 Å². The molecular weight excluding hydrogens is 280 g/mol. The van der Waals surface area contributed by atoms with Crippen molar-refractivity contribution in [1.29, 1.82) is 5.26 Å². The van der Waals surface area contributed by atoms with Crippen LogP contribution in [0.1, 0.15) is 11.1 Å². The van der Waals surface area contributed by atoms with E-state index in [-0.39, 0.29) is 0 Å². The summed E-state index contributed by atoms with van der Waals surface area (Å²) in [7, 11) is 0. The van der Waals surface area contributed by atoms with Crippen LogP contribution in [0, 0.1) is 11.3 Å². The minimum atomic E-state index is 0.361. The molecule has 4 heteroatoms. The average molecular weight is 289 g/mol. The molecule has 0 saturated heterocycles. The Balaban J connectivity index is 2.12. The van der Waals surface area contributed by atoms with Crippen LogP contribution in [0.15, 0.2) is 47.1 Å². The van der Waals surface area contributed by atoms with Crippen molar-refractivity contribution < 1.29 is 4.74 Å². The Kier molecular flexibility index (Phi) is 3.73. The lowest BCUT2D eigenvalue weighted by molar-refractivity contribution is 0.293. The van der Waals surface area contributed by atoms with Crippen LogP contribution in [-0.2, 0) is 6.61 Å². The largest absolute Gasteiger partial charge is 0.472 e. The van der Waals surface area contributed by atoms with Crippen molar-refractivity contribution in [1.82, 2.24) is 4.98 Å². The van der Waals surface area contributed by atoms with Gasteiger partial charge in [-0.1, -0.05) is 30.3 Å². The first-order chi connectivity index (χ1) is 8.29. The normalized spacial score (nSPS) is 9.65. The second-order valence-electron chi connectivity index (χ2n) is 3.39. The zero-order valence-electron chi connectivity index (χ0n) is 8.93. The van der Waals surface area contributed by atoms with Crippen LogP contribution in [0.5, 0.6) is 5.88 Å². The number of hydrogen-bond donors (Lipinski definition) is 0. The van der Waals surface area contributed by atoms with E-state index < -0.39 is 0 Å². The summed E-state index contributed by atoms with van der Waals surface area (Å²) in [6, 6.07) is 13.5. The van der Waals surface area contributed by atoms with Gasteiger partial charge in [-0.3, -0.25) is 0 Å².